The van der Waals surface area contributed by atoms with E-state index in [4.69, 9.17) is 0 Å². The first-order chi connectivity index (χ1) is 9.79. The van der Waals surface area contributed by atoms with E-state index in [-0.39, 0.29) is 11.9 Å². The van der Waals surface area contributed by atoms with Crippen LogP contribution in [0.4, 0.5) is 0 Å². The van der Waals surface area contributed by atoms with Crippen LogP contribution in [-0.2, 0) is 6.42 Å². The van der Waals surface area contributed by atoms with E-state index < -0.39 is 0 Å². The van der Waals surface area contributed by atoms with Gasteiger partial charge in [-0.3, -0.25) is 4.79 Å². The molecule has 0 saturated carbocycles. The zero-order valence-corrected chi connectivity index (χ0v) is 11.5. The van der Waals surface area contributed by atoms with Crippen molar-refractivity contribution in [2.24, 2.45) is 0 Å². The molecule has 0 bridgehead atoms. The Bertz CT molecular complexity index is 548. The van der Waals surface area contributed by atoms with E-state index >= 15 is 0 Å². The number of aryl methyl sites for hydroxylation is 1. The van der Waals surface area contributed by atoms with Crippen LogP contribution in [0.3, 0.4) is 0 Å². The maximum atomic E-state index is 12.1. The molecule has 2 aromatic rings. The second-order valence-corrected chi connectivity index (χ2v) is 4.71. The third-order valence-electron chi connectivity index (χ3n) is 3.22. The molecule has 2 rings (SSSR count). The van der Waals surface area contributed by atoms with E-state index in [1.807, 2.05) is 48.5 Å². The fourth-order valence-corrected chi connectivity index (χ4v) is 2.06. The van der Waals surface area contributed by atoms with Crippen LogP contribution < -0.4 is 5.32 Å². The number of rotatable bonds is 6. The predicted molar refractivity (Wildman–Crippen MR) is 82.7 cm³/mol. The first-order valence-electron chi connectivity index (χ1n) is 6.82. The molecule has 1 amide bonds. The molecule has 20 heavy (non-hydrogen) atoms. The molecule has 2 aromatic carbocycles. The summed E-state index contributed by atoms with van der Waals surface area (Å²) in [6.07, 6.45) is 3.57. The van der Waals surface area contributed by atoms with Crippen LogP contribution in [-0.4, -0.2) is 11.9 Å². The van der Waals surface area contributed by atoms with Crippen molar-refractivity contribution in [3.63, 3.8) is 0 Å². The quantitative estimate of drug-likeness (QED) is 0.794. The molecule has 0 aliphatic heterocycles. The zero-order chi connectivity index (χ0) is 14.2. The van der Waals surface area contributed by atoms with E-state index in [1.165, 1.54) is 5.56 Å². The molecule has 0 spiro atoms. The summed E-state index contributed by atoms with van der Waals surface area (Å²) < 4.78 is 0. The Balaban J connectivity index is 1.89. The molecule has 2 heteroatoms. The van der Waals surface area contributed by atoms with Gasteiger partial charge in [0.1, 0.15) is 0 Å². The standard InChI is InChI=1S/C18H19NO/c1-2-17(14-13-15-9-5-3-6-10-15)19-18(20)16-11-7-4-8-12-16/h2-12,17H,1,13-14H2,(H,19,20). The Labute approximate surface area is 120 Å². The van der Waals surface area contributed by atoms with Gasteiger partial charge in [0.15, 0.2) is 0 Å². The highest BCUT2D eigenvalue weighted by molar-refractivity contribution is 5.94. The number of hydrogen-bond donors (Lipinski definition) is 1. The molecule has 0 radical (unpaired) electrons. The fourth-order valence-electron chi connectivity index (χ4n) is 2.06. The first kappa shape index (κ1) is 14.1. The topological polar surface area (TPSA) is 29.1 Å². The normalized spacial score (nSPS) is 11.6. The Morgan fingerprint density at radius 2 is 1.65 bits per heavy atom. The van der Waals surface area contributed by atoms with Crippen LogP contribution in [0.15, 0.2) is 73.3 Å². The smallest absolute Gasteiger partial charge is 0.251 e. The van der Waals surface area contributed by atoms with Crippen LogP contribution >= 0.6 is 0 Å². The summed E-state index contributed by atoms with van der Waals surface area (Å²) in [6, 6.07) is 19.5. The van der Waals surface area contributed by atoms with Crippen molar-refractivity contribution in [2.45, 2.75) is 18.9 Å². The summed E-state index contributed by atoms with van der Waals surface area (Å²) >= 11 is 0. The molecule has 0 aliphatic carbocycles. The second-order valence-electron chi connectivity index (χ2n) is 4.71. The predicted octanol–water partition coefficient (Wildman–Crippen LogP) is 3.60. The molecular formula is C18H19NO. The van der Waals surface area contributed by atoms with Gasteiger partial charge in [-0.05, 0) is 30.5 Å². The Kier molecular flexibility index (Phi) is 5.13. The van der Waals surface area contributed by atoms with Gasteiger partial charge in [0, 0.05) is 11.6 Å². The van der Waals surface area contributed by atoms with Gasteiger partial charge in [0.25, 0.3) is 5.91 Å². The fraction of sp³-hybridized carbons (Fsp3) is 0.167. The summed E-state index contributed by atoms with van der Waals surface area (Å²) in [5.74, 6) is -0.0523. The van der Waals surface area contributed by atoms with Gasteiger partial charge in [0.2, 0.25) is 0 Å². The monoisotopic (exact) mass is 265 g/mol. The lowest BCUT2D eigenvalue weighted by Gasteiger charge is -2.15. The largest absolute Gasteiger partial charge is 0.346 e. The third-order valence-corrected chi connectivity index (χ3v) is 3.22. The average Bonchev–Trinajstić information content (AvgIpc) is 2.53. The van der Waals surface area contributed by atoms with Crippen molar-refractivity contribution in [3.05, 3.63) is 84.4 Å². The highest BCUT2D eigenvalue weighted by Gasteiger charge is 2.10. The number of carbonyl (C=O) groups excluding carboxylic acids is 1. The van der Waals surface area contributed by atoms with E-state index in [0.29, 0.717) is 5.56 Å². The molecule has 0 aliphatic rings. The molecule has 1 N–H and O–H groups in total. The van der Waals surface area contributed by atoms with Gasteiger partial charge >= 0.3 is 0 Å². The van der Waals surface area contributed by atoms with Gasteiger partial charge in [0.05, 0.1) is 0 Å². The lowest BCUT2D eigenvalue weighted by molar-refractivity contribution is 0.0943. The van der Waals surface area contributed by atoms with Gasteiger partial charge in [-0.25, -0.2) is 0 Å². The summed E-state index contributed by atoms with van der Waals surface area (Å²) in [4.78, 5) is 12.1. The Morgan fingerprint density at radius 1 is 1.05 bits per heavy atom. The summed E-state index contributed by atoms with van der Waals surface area (Å²) in [6.45, 7) is 3.81. The maximum absolute atomic E-state index is 12.1. The van der Waals surface area contributed by atoms with Gasteiger partial charge < -0.3 is 5.32 Å². The number of benzene rings is 2. The number of hydrogen-bond acceptors (Lipinski definition) is 1. The minimum atomic E-state index is -0.0523. The molecule has 102 valence electrons. The van der Waals surface area contributed by atoms with Crippen LogP contribution in [0.5, 0.6) is 0 Å². The molecule has 1 unspecified atom stereocenters. The van der Waals surface area contributed by atoms with Crippen molar-refractivity contribution in [1.29, 1.82) is 0 Å². The third kappa shape index (κ3) is 4.09. The highest BCUT2D eigenvalue weighted by Crippen LogP contribution is 2.07. The highest BCUT2D eigenvalue weighted by atomic mass is 16.1. The van der Waals surface area contributed by atoms with Crippen LogP contribution in [0.2, 0.25) is 0 Å². The van der Waals surface area contributed by atoms with Crippen LogP contribution in [0.1, 0.15) is 22.3 Å². The number of carbonyl (C=O) groups is 1. The summed E-state index contributed by atoms with van der Waals surface area (Å²) in [7, 11) is 0. The molecule has 0 aromatic heterocycles. The van der Waals surface area contributed by atoms with Gasteiger partial charge in [-0.15, -0.1) is 6.58 Å². The summed E-state index contributed by atoms with van der Waals surface area (Å²) in [5.41, 5.74) is 1.95. The SMILES string of the molecule is C=CC(CCc1ccccc1)NC(=O)c1ccccc1. The van der Waals surface area contributed by atoms with E-state index in [9.17, 15) is 4.79 Å². The Morgan fingerprint density at radius 3 is 2.25 bits per heavy atom. The van der Waals surface area contributed by atoms with Crippen LogP contribution in [0, 0.1) is 0 Å². The lowest BCUT2D eigenvalue weighted by atomic mass is 10.0. The van der Waals surface area contributed by atoms with E-state index in [2.05, 4.69) is 24.0 Å². The number of amides is 1. The molecule has 0 fully saturated rings. The lowest BCUT2D eigenvalue weighted by Crippen LogP contribution is -2.33. The zero-order valence-electron chi connectivity index (χ0n) is 11.5. The molecule has 2 nitrogen and oxygen atoms in total. The minimum absolute atomic E-state index is 0.0112. The second kappa shape index (κ2) is 7.29. The van der Waals surface area contributed by atoms with Gasteiger partial charge in [-0.1, -0.05) is 54.6 Å². The molecular weight excluding hydrogens is 246 g/mol. The average molecular weight is 265 g/mol. The number of nitrogens with one attached hydrogen (secondary N) is 1. The summed E-state index contributed by atoms with van der Waals surface area (Å²) in [5, 5.41) is 3.00. The van der Waals surface area contributed by atoms with Crippen molar-refractivity contribution in [2.75, 3.05) is 0 Å². The molecule has 1 atom stereocenters. The van der Waals surface area contributed by atoms with Crippen molar-refractivity contribution >= 4 is 5.91 Å². The van der Waals surface area contributed by atoms with Gasteiger partial charge in [-0.2, -0.15) is 0 Å². The van der Waals surface area contributed by atoms with Crippen molar-refractivity contribution in [3.8, 4) is 0 Å². The van der Waals surface area contributed by atoms with Crippen molar-refractivity contribution in [1.82, 2.24) is 5.32 Å². The molecule has 0 heterocycles. The Hall–Kier alpha value is -2.35. The molecule has 0 saturated heterocycles. The van der Waals surface area contributed by atoms with Crippen LogP contribution in [0.25, 0.3) is 0 Å². The van der Waals surface area contributed by atoms with Crippen molar-refractivity contribution < 1.29 is 4.79 Å². The maximum Gasteiger partial charge on any atom is 0.251 e. The van der Waals surface area contributed by atoms with E-state index in [0.717, 1.165) is 12.8 Å². The minimum Gasteiger partial charge on any atom is -0.346 e. The first-order valence-corrected chi connectivity index (χ1v) is 6.82. The van der Waals surface area contributed by atoms with E-state index in [1.54, 1.807) is 6.08 Å².